The Balaban J connectivity index is 2.21. The lowest BCUT2D eigenvalue weighted by molar-refractivity contribution is 0.0691. The van der Waals surface area contributed by atoms with E-state index in [1.54, 1.807) is 24.5 Å². The average molecular weight is 232 g/mol. The minimum atomic E-state index is -1.06. The fourth-order valence-electron chi connectivity index (χ4n) is 1.53. The molecule has 0 fully saturated rings. The van der Waals surface area contributed by atoms with Crippen LogP contribution < -0.4 is 5.32 Å². The third kappa shape index (κ3) is 2.44. The van der Waals surface area contributed by atoms with Crippen LogP contribution in [0.5, 0.6) is 0 Å². The number of nitrogens with zero attached hydrogens (tertiary/aromatic N) is 1. The SMILES string of the molecule is CC(Nc1cccnc1C(=O)O)c1ccco1. The van der Waals surface area contributed by atoms with Crippen molar-refractivity contribution in [2.24, 2.45) is 0 Å². The van der Waals surface area contributed by atoms with Crippen molar-refractivity contribution < 1.29 is 14.3 Å². The van der Waals surface area contributed by atoms with Gasteiger partial charge in [-0.25, -0.2) is 9.78 Å². The second kappa shape index (κ2) is 4.69. The highest BCUT2D eigenvalue weighted by Crippen LogP contribution is 2.21. The van der Waals surface area contributed by atoms with Crippen LogP contribution in [0.2, 0.25) is 0 Å². The molecular weight excluding hydrogens is 220 g/mol. The summed E-state index contributed by atoms with van der Waals surface area (Å²) in [5.41, 5.74) is 0.481. The Hall–Kier alpha value is -2.30. The smallest absolute Gasteiger partial charge is 0.356 e. The largest absolute Gasteiger partial charge is 0.476 e. The number of rotatable bonds is 4. The first kappa shape index (κ1) is 11.2. The van der Waals surface area contributed by atoms with E-state index in [2.05, 4.69) is 10.3 Å². The molecule has 0 saturated carbocycles. The van der Waals surface area contributed by atoms with E-state index in [1.165, 1.54) is 6.20 Å². The summed E-state index contributed by atoms with van der Waals surface area (Å²) in [6, 6.07) is 6.86. The van der Waals surface area contributed by atoms with Crippen molar-refractivity contribution in [1.29, 1.82) is 0 Å². The van der Waals surface area contributed by atoms with Gasteiger partial charge in [0, 0.05) is 6.20 Å². The molecule has 5 heteroatoms. The van der Waals surface area contributed by atoms with Crippen LogP contribution in [0.4, 0.5) is 5.69 Å². The Bertz CT molecular complexity index is 508. The van der Waals surface area contributed by atoms with E-state index in [0.29, 0.717) is 5.69 Å². The molecule has 1 unspecified atom stereocenters. The molecule has 2 rings (SSSR count). The van der Waals surface area contributed by atoms with E-state index < -0.39 is 5.97 Å². The molecule has 2 heterocycles. The number of carboxylic acids is 1. The van der Waals surface area contributed by atoms with E-state index in [1.807, 2.05) is 13.0 Å². The van der Waals surface area contributed by atoms with Crippen LogP contribution in [-0.4, -0.2) is 16.1 Å². The molecule has 0 radical (unpaired) electrons. The first-order valence-electron chi connectivity index (χ1n) is 5.16. The lowest BCUT2D eigenvalue weighted by Gasteiger charge is -2.13. The van der Waals surface area contributed by atoms with Gasteiger partial charge in [-0.2, -0.15) is 0 Å². The standard InChI is InChI=1S/C12H12N2O3/c1-8(10-5-3-7-17-10)14-9-4-2-6-13-11(9)12(15)16/h2-8,14H,1H3,(H,15,16). The number of aromatic carboxylic acids is 1. The van der Waals surface area contributed by atoms with E-state index in [4.69, 9.17) is 9.52 Å². The number of hydrogen-bond acceptors (Lipinski definition) is 4. The molecule has 0 aliphatic rings. The van der Waals surface area contributed by atoms with Gasteiger partial charge < -0.3 is 14.8 Å². The number of carboxylic acid groups (broad SMARTS) is 1. The summed E-state index contributed by atoms with van der Waals surface area (Å²) in [5, 5.41) is 12.0. The zero-order chi connectivity index (χ0) is 12.3. The average Bonchev–Trinajstić information content (AvgIpc) is 2.83. The van der Waals surface area contributed by atoms with Gasteiger partial charge in [-0.05, 0) is 31.2 Å². The van der Waals surface area contributed by atoms with Crippen LogP contribution in [0.25, 0.3) is 0 Å². The zero-order valence-corrected chi connectivity index (χ0v) is 9.25. The summed E-state index contributed by atoms with van der Waals surface area (Å²) in [7, 11) is 0. The number of nitrogens with one attached hydrogen (secondary N) is 1. The van der Waals surface area contributed by atoms with E-state index in [0.717, 1.165) is 5.76 Å². The minimum Gasteiger partial charge on any atom is -0.476 e. The van der Waals surface area contributed by atoms with Gasteiger partial charge in [0.1, 0.15) is 5.76 Å². The van der Waals surface area contributed by atoms with Crippen molar-refractivity contribution in [2.45, 2.75) is 13.0 Å². The highest BCUT2D eigenvalue weighted by molar-refractivity contribution is 5.91. The van der Waals surface area contributed by atoms with Crippen molar-refractivity contribution in [3.8, 4) is 0 Å². The zero-order valence-electron chi connectivity index (χ0n) is 9.25. The summed E-state index contributed by atoms with van der Waals surface area (Å²) in [6.45, 7) is 1.89. The van der Waals surface area contributed by atoms with Gasteiger partial charge in [0.15, 0.2) is 5.69 Å². The molecule has 0 aliphatic carbocycles. The predicted octanol–water partition coefficient (Wildman–Crippen LogP) is 2.55. The van der Waals surface area contributed by atoms with E-state index >= 15 is 0 Å². The molecule has 0 aliphatic heterocycles. The maximum Gasteiger partial charge on any atom is 0.356 e. The van der Waals surface area contributed by atoms with Crippen LogP contribution in [-0.2, 0) is 0 Å². The monoisotopic (exact) mass is 232 g/mol. The van der Waals surface area contributed by atoms with Crippen molar-refractivity contribution in [3.05, 3.63) is 48.2 Å². The van der Waals surface area contributed by atoms with Gasteiger partial charge in [-0.1, -0.05) is 0 Å². The number of carbonyl (C=O) groups is 1. The van der Waals surface area contributed by atoms with Crippen molar-refractivity contribution in [2.75, 3.05) is 5.32 Å². The summed E-state index contributed by atoms with van der Waals surface area (Å²) < 4.78 is 5.24. The van der Waals surface area contributed by atoms with Crippen molar-refractivity contribution >= 4 is 11.7 Å². The Kier molecular flexibility index (Phi) is 3.09. The van der Waals surface area contributed by atoms with Gasteiger partial charge in [0.25, 0.3) is 0 Å². The molecule has 88 valence electrons. The molecule has 5 nitrogen and oxygen atoms in total. The maximum absolute atomic E-state index is 11.0. The Morgan fingerprint density at radius 1 is 1.47 bits per heavy atom. The maximum atomic E-state index is 11.0. The van der Waals surface area contributed by atoms with Crippen molar-refractivity contribution in [3.63, 3.8) is 0 Å². The molecule has 0 aromatic carbocycles. The number of anilines is 1. The Morgan fingerprint density at radius 2 is 2.29 bits per heavy atom. The molecule has 0 bridgehead atoms. The second-order valence-corrected chi connectivity index (χ2v) is 3.59. The van der Waals surface area contributed by atoms with Gasteiger partial charge in [0.2, 0.25) is 0 Å². The highest BCUT2D eigenvalue weighted by Gasteiger charge is 2.14. The molecule has 2 N–H and O–H groups in total. The quantitative estimate of drug-likeness (QED) is 0.847. The minimum absolute atomic E-state index is 0.00547. The fourth-order valence-corrected chi connectivity index (χ4v) is 1.53. The normalized spacial score (nSPS) is 12.1. The summed E-state index contributed by atoms with van der Waals surface area (Å²) in [4.78, 5) is 14.8. The van der Waals surface area contributed by atoms with Crippen LogP contribution in [0.15, 0.2) is 41.1 Å². The molecule has 0 saturated heterocycles. The van der Waals surface area contributed by atoms with Gasteiger partial charge in [0.05, 0.1) is 18.0 Å². The summed E-state index contributed by atoms with van der Waals surface area (Å²) >= 11 is 0. The molecule has 0 spiro atoms. The van der Waals surface area contributed by atoms with Gasteiger partial charge >= 0.3 is 5.97 Å². The van der Waals surface area contributed by atoms with Crippen LogP contribution in [0.3, 0.4) is 0 Å². The topological polar surface area (TPSA) is 75.4 Å². The number of furan rings is 1. The molecule has 1 atom stereocenters. The van der Waals surface area contributed by atoms with Crippen LogP contribution in [0, 0.1) is 0 Å². The molecule has 2 aromatic rings. The van der Waals surface area contributed by atoms with Crippen LogP contribution >= 0.6 is 0 Å². The Labute approximate surface area is 98.1 Å². The summed E-state index contributed by atoms with van der Waals surface area (Å²) in [6.07, 6.45) is 3.03. The van der Waals surface area contributed by atoms with Gasteiger partial charge in [-0.3, -0.25) is 0 Å². The van der Waals surface area contributed by atoms with E-state index in [9.17, 15) is 4.79 Å². The molecule has 0 amide bonds. The number of hydrogen-bond donors (Lipinski definition) is 2. The second-order valence-electron chi connectivity index (χ2n) is 3.59. The van der Waals surface area contributed by atoms with Crippen LogP contribution in [0.1, 0.15) is 29.2 Å². The number of pyridine rings is 1. The van der Waals surface area contributed by atoms with E-state index in [-0.39, 0.29) is 11.7 Å². The first-order chi connectivity index (χ1) is 8.18. The first-order valence-corrected chi connectivity index (χ1v) is 5.16. The third-order valence-electron chi connectivity index (χ3n) is 2.35. The molecule has 17 heavy (non-hydrogen) atoms. The third-order valence-corrected chi connectivity index (χ3v) is 2.35. The Morgan fingerprint density at radius 3 is 2.94 bits per heavy atom. The predicted molar refractivity (Wildman–Crippen MR) is 61.9 cm³/mol. The lowest BCUT2D eigenvalue weighted by atomic mass is 10.2. The lowest BCUT2D eigenvalue weighted by Crippen LogP contribution is -2.11. The fraction of sp³-hybridized carbons (Fsp3) is 0.167. The number of aromatic nitrogens is 1. The van der Waals surface area contributed by atoms with Gasteiger partial charge in [-0.15, -0.1) is 0 Å². The van der Waals surface area contributed by atoms with Crippen molar-refractivity contribution in [1.82, 2.24) is 4.98 Å². The summed E-state index contributed by atoms with van der Waals surface area (Å²) in [5.74, 6) is -0.315. The highest BCUT2D eigenvalue weighted by atomic mass is 16.4. The molecule has 2 aromatic heterocycles. The molecular formula is C12H12N2O3.